The van der Waals surface area contributed by atoms with Crippen LogP contribution in [0, 0.1) is 17.1 Å². The number of nitriles is 1. The van der Waals surface area contributed by atoms with Crippen LogP contribution in [0.2, 0.25) is 0 Å². The Balaban J connectivity index is 2.07. The van der Waals surface area contributed by atoms with Gasteiger partial charge in [-0.1, -0.05) is 6.92 Å². The SMILES string of the molecule is CC1c2c(Oc3cc(F)cc(C#N)c3)ccc(N)c2C(O)C1F. The third-order valence-corrected chi connectivity index (χ3v) is 4.04. The highest BCUT2D eigenvalue weighted by Gasteiger charge is 2.41. The van der Waals surface area contributed by atoms with Crippen LogP contribution in [0.15, 0.2) is 30.3 Å². The fourth-order valence-corrected chi connectivity index (χ4v) is 2.93. The van der Waals surface area contributed by atoms with Gasteiger partial charge in [-0.3, -0.25) is 0 Å². The fraction of sp³-hybridized carbons (Fsp3) is 0.235. The molecule has 0 saturated carbocycles. The van der Waals surface area contributed by atoms with Gasteiger partial charge in [-0.25, -0.2) is 8.78 Å². The molecule has 2 aromatic carbocycles. The van der Waals surface area contributed by atoms with Crippen LogP contribution in [0.1, 0.15) is 35.6 Å². The molecule has 6 heteroatoms. The molecule has 3 rings (SSSR count). The van der Waals surface area contributed by atoms with Crippen molar-refractivity contribution < 1.29 is 18.6 Å². The van der Waals surface area contributed by atoms with E-state index in [0.717, 1.165) is 12.1 Å². The number of anilines is 1. The summed E-state index contributed by atoms with van der Waals surface area (Å²) in [4.78, 5) is 0. The molecular weight excluding hydrogens is 302 g/mol. The molecule has 1 aliphatic rings. The van der Waals surface area contributed by atoms with Gasteiger partial charge in [0.15, 0.2) is 0 Å². The highest BCUT2D eigenvalue weighted by molar-refractivity contribution is 5.62. The van der Waals surface area contributed by atoms with Gasteiger partial charge in [0, 0.05) is 28.8 Å². The normalized spacial score (nSPS) is 22.5. The first-order chi connectivity index (χ1) is 10.9. The van der Waals surface area contributed by atoms with Crippen LogP contribution < -0.4 is 10.5 Å². The predicted octanol–water partition coefficient (Wildman–Crippen LogP) is 3.56. The average molecular weight is 316 g/mol. The van der Waals surface area contributed by atoms with Gasteiger partial charge in [0.05, 0.1) is 11.6 Å². The Morgan fingerprint density at radius 1 is 1.26 bits per heavy atom. The summed E-state index contributed by atoms with van der Waals surface area (Å²) < 4.78 is 33.3. The van der Waals surface area contributed by atoms with Crippen LogP contribution in [0.3, 0.4) is 0 Å². The molecule has 0 spiro atoms. The number of alkyl halides is 1. The van der Waals surface area contributed by atoms with E-state index < -0.39 is 24.0 Å². The lowest BCUT2D eigenvalue weighted by molar-refractivity contribution is 0.0818. The number of halogens is 2. The molecule has 0 amide bonds. The van der Waals surface area contributed by atoms with Crippen molar-refractivity contribution in [3.8, 4) is 17.6 Å². The van der Waals surface area contributed by atoms with Crippen LogP contribution in [0.5, 0.6) is 11.5 Å². The number of fused-ring (bicyclic) bond motifs is 1. The van der Waals surface area contributed by atoms with Crippen LogP contribution in [0.25, 0.3) is 0 Å². The minimum absolute atomic E-state index is 0.114. The van der Waals surface area contributed by atoms with Crippen molar-refractivity contribution in [1.29, 1.82) is 5.26 Å². The van der Waals surface area contributed by atoms with Gasteiger partial charge >= 0.3 is 0 Å². The van der Waals surface area contributed by atoms with E-state index in [1.165, 1.54) is 12.1 Å². The highest BCUT2D eigenvalue weighted by atomic mass is 19.1. The number of aliphatic hydroxyl groups is 1. The Morgan fingerprint density at radius 3 is 2.70 bits per heavy atom. The summed E-state index contributed by atoms with van der Waals surface area (Å²) in [5.41, 5.74) is 7.00. The van der Waals surface area contributed by atoms with Crippen molar-refractivity contribution >= 4 is 5.69 Å². The average Bonchev–Trinajstić information content (AvgIpc) is 2.75. The van der Waals surface area contributed by atoms with Crippen LogP contribution in [0.4, 0.5) is 14.5 Å². The smallest absolute Gasteiger partial charge is 0.137 e. The molecule has 3 atom stereocenters. The molecule has 4 nitrogen and oxygen atoms in total. The molecule has 2 aromatic rings. The lowest BCUT2D eigenvalue weighted by Gasteiger charge is -2.15. The molecule has 23 heavy (non-hydrogen) atoms. The molecule has 3 N–H and O–H groups in total. The summed E-state index contributed by atoms with van der Waals surface area (Å²) in [6, 6.07) is 8.50. The van der Waals surface area contributed by atoms with Crippen molar-refractivity contribution in [2.45, 2.75) is 25.1 Å². The topological polar surface area (TPSA) is 79.3 Å². The zero-order valence-corrected chi connectivity index (χ0v) is 12.3. The molecule has 3 unspecified atom stereocenters. The summed E-state index contributed by atoms with van der Waals surface area (Å²) >= 11 is 0. The minimum atomic E-state index is -1.49. The third kappa shape index (κ3) is 2.49. The van der Waals surface area contributed by atoms with E-state index in [1.807, 2.05) is 6.07 Å². The Kier molecular flexibility index (Phi) is 3.66. The Morgan fingerprint density at radius 2 is 2.00 bits per heavy atom. The van der Waals surface area contributed by atoms with Gasteiger partial charge in [-0.05, 0) is 24.3 Å². The Labute approximate surface area is 131 Å². The highest BCUT2D eigenvalue weighted by Crippen LogP contribution is 2.49. The first kappa shape index (κ1) is 15.3. The zero-order valence-electron chi connectivity index (χ0n) is 12.3. The quantitative estimate of drug-likeness (QED) is 0.830. The molecule has 0 fully saturated rings. The Bertz CT molecular complexity index is 817. The maximum atomic E-state index is 14.1. The van der Waals surface area contributed by atoms with Crippen molar-refractivity contribution in [1.82, 2.24) is 0 Å². The van der Waals surface area contributed by atoms with Crippen LogP contribution in [-0.2, 0) is 0 Å². The standard InChI is InChI=1S/C17H14F2N2O2/c1-8-14-13(3-2-12(21)15(14)17(22)16(8)19)23-11-5-9(7-20)4-10(18)6-11/h2-6,8,16-17,22H,21H2,1H3. The molecular formula is C17H14F2N2O2. The molecule has 0 radical (unpaired) electrons. The van der Waals surface area contributed by atoms with Crippen molar-refractivity contribution in [3.05, 3.63) is 52.8 Å². The molecule has 118 valence electrons. The number of nitrogen functional groups attached to an aromatic ring is 1. The Hall–Kier alpha value is -2.65. The fourth-order valence-electron chi connectivity index (χ4n) is 2.93. The number of rotatable bonds is 2. The van der Waals surface area contributed by atoms with E-state index in [4.69, 9.17) is 15.7 Å². The van der Waals surface area contributed by atoms with Gasteiger partial charge in [-0.2, -0.15) is 5.26 Å². The molecule has 0 aliphatic heterocycles. The van der Waals surface area contributed by atoms with Gasteiger partial charge < -0.3 is 15.6 Å². The second-order valence-corrected chi connectivity index (χ2v) is 5.55. The first-order valence-corrected chi connectivity index (χ1v) is 7.05. The van der Waals surface area contributed by atoms with E-state index in [0.29, 0.717) is 11.1 Å². The summed E-state index contributed by atoms with van der Waals surface area (Å²) in [7, 11) is 0. The lowest BCUT2D eigenvalue weighted by atomic mass is 10.0. The molecule has 0 bridgehead atoms. The molecule has 0 heterocycles. The summed E-state index contributed by atoms with van der Waals surface area (Å²) in [5.74, 6) is -0.807. The minimum Gasteiger partial charge on any atom is -0.457 e. The number of hydrogen-bond donors (Lipinski definition) is 2. The van der Waals surface area contributed by atoms with Crippen molar-refractivity contribution in [3.63, 3.8) is 0 Å². The van der Waals surface area contributed by atoms with E-state index in [-0.39, 0.29) is 22.7 Å². The number of ether oxygens (including phenoxy) is 1. The van der Waals surface area contributed by atoms with Gasteiger partial charge in [0.2, 0.25) is 0 Å². The monoisotopic (exact) mass is 316 g/mol. The number of benzene rings is 2. The van der Waals surface area contributed by atoms with Gasteiger partial charge in [0.1, 0.15) is 29.6 Å². The molecule has 0 aromatic heterocycles. The van der Waals surface area contributed by atoms with E-state index in [2.05, 4.69) is 0 Å². The maximum Gasteiger partial charge on any atom is 0.137 e. The predicted molar refractivity (Wildman–Crippen MR) is 80.3 cm³/mol. The first-order valence-electron chi connectivity index (χ1n) is 7.05. The number of hydrogen-bond acceptors (Lipinski definition) is 4. The van der Waals surface area contributed by atoms with Crippen LogP contribution in [-0.4, -0.2) is 11.3 Å². The lowest BCUT2D eigenvalue weighted by Crippen LogP contribution is -2.10. The van der Waals surface area contributed by atoms with E-state index in [9.17, 15) is 13.9 Å². The molecule has 1 aliphatic carbocycles. The maximum absolute atomic E-state index is 14.1. The number of nitrogens with zero attached hydrogens (tertiary/aromatic N) is 1. The van der Waals surface area contributed by atoms with Gasteiger partial charge in [0.25, 0.3) is 0 Å². The second-order valence-electron chi connectivity index (χ2n) is 5.55. The number of aliphatic hydroxyl groups excluding tert-OH is 1. The zero-order chi connectivity index (χ0) is 16.7. The summed E-state index contributed by atoms with van der Waals surface area (Å²) in [6.45, 7) is 1.62. The second kappa shape index (κ2) is 5.52. The third-order valence-electron chi connectivity index (χ3n) is 4.04. The van der Waals surface area contributed by atoms with E-state index >= 15 is 0 Å². The summed E-state index contributed by atoms with van der Waals surface area (Å²) in [6.07, 6.45) is -2.80. The largest absolute Gasteiger partial charge is 0.457 e. The number of nitrogens with two attached hydrogens (primary N) is 1. The van der Waals surface area contributed by atoms with Crippen molar-refractivity contribution in [2.24, 2.45) is 0 Å². The molecule has 0 saturated heterocycles. The van der Waals surface area contributed by atoms with E-state index in [1.54, 1.807) is 13.0 Å². The van der Waals surface area contributed by atoms with Crippen LogP contribution >= 0.6 is 0 Å². The van der Waals surface area contributed by atoms with Crippen molar-refractivity contribution in [2.75, 3.05) is 5.73 Å². The summed E-state index contributed by atoms with van der Waals surface area (Å²) in [5, 5.41) is 18.9. The van der Waals surface area contributed by atoms with Gasteiger partial charge in [-0.15, -0.1) is 0 Å².